The number of likely N-dealkylation sites (N-methyl/N-ethyl adjacent to an activating group) is 1. The third kappa shape index (κ3) is 5.27. The number of amides is 1. The van der Waals surface area contributed by atoms with Gasteiger partial charge in [-0.05, 0) is 44.5 Å². The maximum atomic E-state index is 11.8. The van der Waals surface area contributed by atoms with E-state index in [2.05, 4.69) is 5.32 Å². The lowest BCUT2D eigenvalue weighted by molar-refractivity contribution is -0.129. The van der Waals surface area contributed by atoms with Crippen LogP contribution in [0, 0.1) is 0 Å². The molecule has 0 unspecified atom stereocenters. The summed E-state index contributed by atoms with van der Waals surface area (Å²) in [7, 11) is 3.25. The summed E-state index contributed by atoms with van der Waals surface area (Å²) in [5.41, 5.74) is 1.15. The van der Waals surface area contributed by atoms with Crippen molar-refractivity contribution in [1.29, 1.82) is 0 Å². The lowest BCUT2D eigenvalue weighted by Crippen LogP contribution is -2.38. The zero-order chi connectivity index (χ0) is 15.7. The van der Waals surface area contributed by atoms with Crippen LogP contribution >= 0.6 is 0 Å². The van der Waals surface area contributed by atoms with Gasteiger partial charge in [0.2, 0.25) is 5.91 Å². The lowest BCUT2D eigenvalue weighted by Gasteiger charge is -2.18. The Morgan fingerprint density at radius 3 is 2.38 bits per heavy atom. The molecule has 1 amide bonds. The first-order chi connectivity index (χ1) is 10.2. The van der Waals surface area contributed by atoms with E-state index in [0.29, 0.717) is 6.54 Å². The van der Waals surface area contributed by atoms with Gasteiger partial charge in [0.15, 0.2) is 11.5 Å². The van der Waals surface area contributed by atoms with Crippen LogP contribution in [-0.4, -0.2) is 51.2 Å². The fraction of sp³-hybridized carbons (Fsp3) is 0.562. The van der Waals surface area contributed by atoms with Crippen LogP contribution in [0.25, 0.3) is 0 Å². The molecule has 0 aliphatic rings. The molecule has 0 radical (unpaired) electrons. The molecule has 0 saturated heterocycles. The number of hydrogen-bond acceptors (Lipinski definition) is 4. The summed E-state index contributed by atoms with van der Waals surface area (Å²) < 4.78 is 10.5. The number of nitrogens with zero attached hydrogens (tertiary/aromatic N) is 1. The largest absolute Gasteiger partial charge is 0.493 e. The van der Waals surface area contributed by atoms with Crippen molar-refractivity contribution in [1.82, 2.24) is 10.2 Å². The van der Waals surface area contributed by atoms with Gasteiger partial charge in [0.05, 0.1) is 20.8 Å². The molecule has 0 spiro atoms. The van der Waals surface area contributed by atoms with Gasteiger partial charge in [-0.1, -0.05) is 6.07 Å². The summed E-state index contributed by atoms with van der Waals surface area (Å²) in [5, 5.41) is 3.19. The molecule has 5 nitrogen and oxygen atoms in total. The van der Waals surface area contributed by atoms with E-state index in [-0.39, 0.29) is 5.91 Å². The number of rotatable bonds is 9. The molecule has 1 rings (SSSR count). The van der Waals surface area contributed by atoms with Crippen molar-refractivity contribution in [3.05, 3.63) is 23.8 Å². The topological polar surface area (TPSA) is 50.8 Å². The quantitative estimate of drug-likeness (QED) is 0.704. The van der Waals surface area contributed by atoms with Gasteiger partial charge in [-0.2, -0.15) is 0 Å². The molecule has 0 fully saturated rings. The van der Waals surface area contributed by atoms with Crippen molar-refractivity contribution >= 4 is 5.91 Å². The van der Waals surface area contributed by atoms with Crippen LogP contribution < -0.4 is 14.8 Å². The normalized spacial score (nSPS) is 10.3. The second-order valence-corrected chi connectivity index (χ2v) is 4.68. The van der Waals surface area contributed by atoms with Crippen LogP contribution in [0.5, 0.6) is 11.5 Å². The summed E-state index contributed by atoms with van der Waals surface area (Å²) in [6.07, 6.45) is 0.839. The molecule has 118 valence electrons. The van der Waals surface area contributed by atoms with Gasteiger partial charge in [-0.25, -0.2) is 0 Å². The molecule has 0 heterocycles. The van der Waals surface area contributed by atoms with Crippen molar-refractivity contribution in [3.63, 3.8) is 0 Å². The molecule has 1 aromatic carbocycles. The Labute approximate surface area is 127 Å². The van der Waals surface area contributed by atoms with E-state index < -0.39 is 0 Å². The summed E-state index contributed by atoms with van der Waals surface area (Å²) in [6.45, 7) is 6.63. The predicted molar refractivity (Wildman–Crippen MR) is 84.0 cm³/mol. The highest BCUT2D eigenvalue weighted by Gasteiger charge is 2.08. The first-order valence-electron chi connectivity index (χ1n) is 7.35. The molecule has 0 aliphatic carbocycles. The molecular weight excluding hydrogens is 268 g/mol. The molecule has 0 aliphatic heterocycles. The summed E-state index contributed by atoms with van der Waals surface area (Å²) in [6, 6.07) is 5.87. The van der Waals surface area contributed by atoms with Crippen LogP contribution in [0.2, 0.25) is 0 Å². The molecule has 1 aromatic rings. The minimum atomic E-state index is 0.146. The Morgan fingerprint density at radius 2 is 1.81 bits per heavy atom. The van der Waals surface area contributed by atoms with Crippen LogP contribution in [0.4, 0.5) is 0 Å². The van der Waals surface area contributed by atoms with E-state index >= 15 is 0 Å². The van der Waals surface area contributed by atoms with Gasteiger partial charge in [-0.15, -0.1) is 0 Å². The maximum absolute atomic E-state index is 11.8. The molecule has 0 saturated carbocycles. The number of nitrogens with one attached hydrogen (secondary N) is 1. The highest BCUT2D eigenvalue weighted by molar-refractivity contribution is 5.78. The Kier molecular flexibility index (Phi) is 7.61. The monoisotopic (exact) mass is 294 g/mol. The van der Waals surface area contributed by atoms with Crippen molar-refractivity contribution in [2.75, 3.05) is 40.4 Å². The van der Waals surface area contributed by atoms with Crippen molar-refractivity contribution in [2.24, 2.45) is 0 Å². The molecule has 0 bridgehead atoms. The van der Waals surface area contributed by atoms with Crippen molar-refractivity contribution in [3.8, 4) is 11.5 Å². The van der Waals surface area contributed by atoms with E-state index in [9.17, 15) is 4.79 Å². The number of hydrogen-bond donors (Lipinski definition) is 1. The third-order valence-electron chi connectivity index (χ3n) is 3.43. The van der Waals surface area contributed by atoms with Crippen molar-refractivity contribution in [2.45, 2.75) is 20.3 Å². The Balaban J connectivity index is 2.41. The van der Waals surface area contributed by atoms with E-state index in [1.807, 2.05) is 36.9 Å². The Morgan fingerprint density at radius 1 is 1.14 bits per heavy atom. The van der Waals surface area contributed by atoms with E-state index in [1.54, 1.807) is 14.2 Å². The number of carbonyl (C=O) groups is 1. The minimum absolute atomic E-state index is 0.146. The lowest BCUT2D eigenvalue weighted by atomic mass is 10.1. The van der Waals surface area contributed by atoms with E-state index in [0.717, 1.165) is 43.1 Å². The van der Waals surface area contributed by atoms with Gasteiger partial charge >= 0.3 is 0 Å². The number of ether oxygens (including phenoxy) is 2. The van der Waals surface area contributed by atoms with E-state index in [1.165, 1.54) is 0 Å². The van der Waals surface area contributed by atoms with Gasteiger partial charge in [0, 0.05) is 13.1 Å². The number of methoxy groups -OCH3 is 2. The van der Waals surface area contributed by atoms with Gasteiger partial charge in [-0.3, -0.25) is 4.79 Å². The highest BCUT2D eigenvalue weighted by atomic mass is 16.5. The Hall–Kier alpha value is -1.75. The highest BCUT2D eigenvalue weighted by Crippen LogP contribution is 2.27. The van der Waals surface area contributed by atoms with Gasteiger partial charge < -0.3 is 19.7 Å². The Bertz CT molecular complexity index is 445. The molecule has 5 heteroatoms. The fourth-order valence-corrected chi connectivity index (χ4v) is 2.15. The first-order valence-corrected chi connectivity index (χ1v) is 7.35. The molecule has 21 heavy (non-hydrogen) atoms. The summed E-state index contributed by atoms with van der Waals surface area (Å²) >= 11 is 0. The second kappa shape index (κ2) is 9.23. The van der Waals surface area contributed by atoms with Crippen LogP contribution in [0.3, 0.4) is 0 Å². The maximum Gasteiger partial charge on any atom is 0.236 e. The average molecular weight is 294 g/mol. The van der Waals surface area contributed by atoms with E-state index in [4.69, 9.17) is 9.47 Å². The second-order valence-electron chi connectivity index (χ2n) is 4.68. The number of benzene rings is 1. The zero-order valence-corrected chi connectivity index (χ0v) is 13.4. The predicted octanol–water partition coefficient (Wildman–Crippen LogP) is 1.70. The fourth-order valence-electron chi connectivity index (χ4n) is 2.15. The van der Waals surface area contributed by atoms with Crippen LogP contribution in [0.1, 0.15) is 19.4 Å². The molecule has 1 N–H and O–H groups in total. The third-order valence-corrected chi connectivity index (χ3v) is 3.43. The number of carbonyl (C=O) groups excluding carboxylic acids is 1. The molecular formula is C16H26N2O3. The first kappa shape index (κ1) is 17.3. The zero-order valence-electron chi connectivity index (χ0n) is 13.4. The molecule has 0 aromatic heterocycles. The summed E-state index contributed by atoms with van der Waals surface area (Å²) in [4.78, 5) is 13.7. The summed E-state index contributed by atoms with van der Waals surface area (Å²) in [5.74, 6) is 1.60. The molecule has 0 atom stereocenters. The SMILES string of the molecule is CCN(CC)C(=O)CNCCc1ccc(OC)c(OC)c1. The van der Waals surface area contributed by atoms with Crippen LogP contribution in [0.15, 0.2) is 18.2 Å². The average Bonchev–Trinajstić information content (AvgIpc) is 2.52. The van der Waals surface area contributed by atoms with Crippen LogP contribution in [-0.2, 0) is 11.2 Å². The van der Waals surface area contributed by atoms with Crippen molar-refractivity contribution < 1.29 is 14.3 Å². The standard InChI is InChI=1S/C16H26N2O3/c1-5-18(6-2)16(19)12-17-10-9-13-7-8-14(20-3)15(11-13)21-4/h7-8,11,17H,5-6,9-10,12H2,1-4H3. The smallest absolute Gasteiger partial charge is 0.236 e. The van der Waals surface area contributed by atoms with Gasteiger partial charge in [0.25, 0.3) is 0 Å². The van der Waals surface area contributed by atoms with Gasteiger partial charge in [0.1, 0.15) is 0 Å². The minimum Gasteiger partial charge on any atom is -0.493 e.